The standard InChI is InChI=1S/C16H23BrN2/c1-15(2,3)18-10-12-8-7-9-13(14(12)17)11-19-16(4,5)6/h7-11H,1-6H3. The van der Waals surface area contributed by atoms with Crippen LogP contribution >= 0.6 is 15.9 Å². The van der Waals surface area contributed by atoms with Crippen molar-refractivity contribution in [2.75, 3.05) is 0 Å². The van der Waals surface area contributed by atoms with Crippen LogP contribution < -0.4 is 0 Å². The number of aliphatic imine (C=N–C) groups is 2. The molecule has 2 nitrogen and oxygen atoms in total. The van der Waals surface area contributed by atoms with E-state index < -0.39 is 0 Å². The van der Waals surface area contributed by atoms with Crippen molar-refractivity contribution in [3.05, 3.63) is 33.8 Å². The van der Waals surface area contributed by atoms with E-state index in [0.29, 0.717) is 0 Å². The lowest BCUT2D eigenvalue weighted by Gasteiger charge is -2.13. The number of hydrogen-bond donors (Lipinski definition) is 0. The van der Waals surface area contributed by atoms with Crippen molar-refractivity contribution < 1.29 is 0 Å². The molecule has 1 aromatic carbocycles. The van der Waals surface area contributed by atoms with Crippen LogP contribution in [0.3, 0.4) is 0 Å². The highest BCUT2D eigenvalue weighted by molar-refractivity contribution is 9.10. The summed E-state index contributed by atoms with van der Waals surface area (Å²) in [5.74, 6) is 0. The smallest absolute Gasteiger partial charge is 0.0524 e. The average molecular weight is 323 g/mol. The monoisotopic (exact) mass is 322 g/mol. The zero-order chi connectivity index (χ0) is 14.7. The van der Waals surface area contributed by atoms with Gasteiger partial charge >= 0.3 is 0 Å². The van der Waals surface area contributed by atoms with E-state index in [2.05, 4.69) is 67.5 Å². The molecule has 3 heteroatoms. The molecule has 0 heterocycles. The van der Waals surface area contributed by atoms with Gasteiger partial charge in [0.25, 0.3) is 0 Å². The van der Waals surface area contributed by atoms with Gasteiger partial charge in [0, 0.05) is 28.0 Å². The number of benzene rings is 1. The molecule has 1 aromatic rings. The molecule has 0 saturated heterocycles. The van der Waals surface area contributed by atoms with Gasteiger partial charge in [-0.3, -0.25) is 9.98 Å². The molecule has 0 amide bonds. The third-order valence-electron chi connectivity index (χ3n) is 2.24. The van der Waals surface area contributed by atoms with Crippen molar-refractivity contribution in [3.63, 3.8) is 0 Å². The lowest BCUT2D eigenvalue weighted by Crippen LogP contribution is -2.10. The van der Waals surface area contributed by atoms with E-state index in [1.165, 1.54) is 0 Å². The molecule has 0 spiro atoms. The molecule has 1 rings (SSSR count). The van der Waals surface area contributed by atoms with E-state index in [9.17, 15) is 0 Å². The first kappa shape index (κ1) is 16.1. The van der Waals surface area contributed by atoms with Crippen molar-refractivity contribution in [1.82, 2.24) is 0 Å². The van der Waals surface area contributed by atoms with Crippen molar-refractivity contribution >= 4 is 28.4 Å². The quantitative estimate of drug-likeness (QED) is 0.693. The molecule has 0 radical (unpaired) electrons. The topological polar surface area (TPSA) is 24.7 Å². The molecule has 0 aromatic heterocycles. The van der Waals surface area contributed by atoms with Crippen LogP contribution in [0.5, 0.6) is 0 Å². The lowest BCUT2D eigenvalue weighted by atomic mass is 10.1. The molecular weight excluding hydrogens is 300 g/mol. The molecule has 0 aliphatic carbocycles. The van der Waals surface area contributed by atoms with Gasteiger partial charge in [0.05, 0.1) is 11.1 Å². The van der Waals surface area contributed by atoms with Crippen molar-refractivity contribution in [2.24, 2.45) is 9.98 Å². The van der Waals surface area contributed by atoms with Crippen molar-refractivity contribution in [2.45, 2.75) is 52.6 Å². The number of halogens is 1. The maximum atomic E-state index is 4.54. The first-order valence-corrected chi connectivity index (χ1v) is 7.27. The molecule has 0 fully saturated rings. The summed E-state index contributed by atoms with van der Waals surface area (Å²) in [4.78, 5) is 9.08. The summed E-state index contributed by atoms with van der Waals surface area (Å²) < 4.78 is 1.04. The fraction of sp³-hybridized carbons (Fsp3) is 0.500. The van der Waals surface area contributed by atoms with Crippen LogP contribution in [0.15, 0.2) is 32.7 Å². The Labute approximate surface area is 125 Å². The molecule has 104 valence electrons. The Kier molecular flexibility index (Phi) is 5.08. The van der Waals surface area contributed by atoms with Gasteiger partial charge in [-0.15, -0.1) is 0 Å². The first-order chi connectivity index (χ1) is 8.58. The third-order valence-corrected chi connectivity index (χ3v) is 3.16. The highest BCUT2D eigenvalue weighted by Gasteiger charge is 2.08. The summed E-state index contributed by atoms with van der Waals surface area (Å²) in [6, 6.07) is 6.13. The molecule has 0 N–H and O–H groups in total. The molecule has 0 bridgehead atoms. The molecule has 0 aliphatic heterocycles. The van der Waals surface area contributed by atoms with E-state index in [4.69, 9.17) is 0 Å². The Morgan fingerprint density at radius 1 is 0.842 bits per heavy atom. The predicted octanol–water partition coefficient (Wildman–Crippen LogP) is 4.88. The van der Waals surface area contributed by atoms with E-state index in [0.717, 1.165) is 15.6 Å². The van der Waals surface area contributed by atoms with Gasteiger partial charge in [-0.25, -0.2) is 0 Å². The lowest BCUT2D eigenvalue weighted by molar-refractivity contribution is 0.586. The molecule has 0 aliphatic rings. The fourth-order valence-electron chi connectivity index (χ4n) is 1.29. The summed E-state index contributed by atoms with van der Waals surface area (Å²) in [6.07, 6.45) is 3.83. The number of hydrogen-bond acceptors (Lipinski definition) is 2. The average Bonchev–Trinajstić information content (AvgIpc) is 2.23. The Balaban J connectivity index is 3.06. The van der Waals surface area contributed by atoms with Gasteiger partial charge in [-0.1, -0.05) is 18.2 Å². The minimum atomic E-state index is -0.0606. The van der Waals surface area contributed by atoms with Crippen LogP contribution in [0.25, 0.3) is 0 Å². The Bertz CT molecular complexity index is 446. The number of rotatable bonds is 2. The summed E-state index contributed by atoms with van der Waals surface area (Å²) in [7, 11) is 0. The van der Waals surface area contributed by atoms with Gasteiger partial charge < -0.3 is 0 Å². The molecule has 0 unspecified atom stereocenters. The van der Waals surface area contributed by atoms with Crippen LogP contribution in [-0.4, -0.2) is 23.5 Å². The summed E-state index contributed by atoms with van der Waals surface area (Å²) in [6.45, 7) is 12.5. The van der Waals surface area contributed by atoms with Crippen LogP contribution in [0, 0.1) is 0 Å². The van der Waals surface area contributed by atoms with E-state index in [1.54, 1.807) is 0 Å². The second kappa shape index (κ2) is 6.00. The second-order valence-electron chi connectivity index (χ2n) is 6.61. The largest absolute Gasteiger partial charge is 0.287 e. The summed E-state index contributed by atoms with van der Waals surface area (Å²) in [5.41, 5.74) is 2.03. The summed E-state index contributed by atoms with van der Waals surface area (Å²) >= 11 is 3.63. The zero-order valence-electron chi connectivity index (χ0n) is 12.7. The van der Waals surface area contributed by atoms with E-state index in [1.807, 2.05) is 30.6 Å². The Morgan fingerprint density at radius 2 is 1.21 bits per heavy atom. The minimum absolute atomic E-state index is 0.0606. The fourth-order valence-corrected chi connectivity index (χ4v) is 1.76. The molecular formula is C16H23BrN2. The maximum absolute atomic E-state index is 4.54. The molecule has 19 heavy (non-hydrogen) atoms. The van der Waals surface area contributed by atoms with E-state index >= 15 is 0 Å². The minimum Gasteiger partial charge on any atom is -0.287 e. The van der Waals surface area contributed by atoms with Crippen LogP contribution in [-0.2, 0) is 0 Å². The highest BCUT2D eigenvalue weighted by Crippen LogP contribution is 2.21. The van der Waals surface area contributed by atoms with Gasteiger partial charge in [0.2, 0.25) is 0 Å². The first-order valence-electron chi connectivity index (χ1n) is 6.47. The predicted molar refractivity (Wildman–Crippen MR) is 88.8 cm³/mol. The summed E-state index contributed by atoms with van der Waals surface area (Å²) in [5, 5.41) is 0. The van der Waals surface area contributed by atoms with Crippen LogP contribution in [0.1, 0.15) is 52.7 Å². The normalized spacial score (nSPS) is 13.6. The Morgan fingerprint density at radius 3 is 1.53 bits per heavy atom. The second-order valence-corrected chi connectivity index (χ2v) is 7.40. The molecule has 0 saturated carbocycles. The van der Waals surface area contributed by atoms with Crippen molar-refractivity contribution in [3.8, 4) is 0 Å². The maximum Gasteiger partial charge on any atom is 0.0524 e. The van der Waals surface area contributed by atoms with Gasteiger partial charge in [0.15, 0.2) is 0 Å². The van der Waals surface area contributed by atoms with Crippen molar-refractivity contribution in [1.29, 1.82) is 0 Å². The SMILES string of the molecule is CC(C)(C)N=Cc1cccc(C=NC(C)(C)C)c1Br. The third kappa shape index (κ3) is 6.15. The van der Waals surface area contributed by atoms with Gasteiger partial charge in [-0.05, 0) is 57.5 Å². The van der Waals surface area contributed by atoms with Crippen LogP contribution in [0.2, 0.25) is 0 Å². The van der Waals surface area contributed by atoms with Gasteiger partial charge in [-0.2, -0.15) is 0 Å². The van der Waals surface area contributed by atoms with Gasteiger partial charge in [0.1, 0.15) is 0 Å². The highest BCUT2D eigenvalue weighted by atomic mass is 79.9. The number of nitrogens with zero attached hydrogens (tertiary/aromatic N) is 2. The zero-order valence-corrected chi connectivity index (χ0v) is 14.2. The molecule has 0 atom stereocenters. The van der Waals surface area contributed by atoms with Crippen LogP contribution in [0.4, 0.5) is 0 Å². The Hall–Kier alpha value is -0.960. The van der Waals surface area contributed by atoms with E-state index in [-0.39, 0.29) is 11.1 Å².